The van der Waals surface area contributed by atoms with Crippen LogP contribution in [0.2, 0.25) is 0 Å². The number of hydrogen-bond acceptors (Lipinski definition) is 4. The minimum Gasteiger partial charge on any atom is -0.482 e. The molecule has 0 aliphatic heterocycles. The summed E-state index contributed by atoms with van der Waals surface area (Å²) in [5, 5.41) is 8.98. The van der Waals surface area contributed by atoms with E-state index in [1.807, 2.05) is 21.0 Å². The molecule has 21 heavy (non-hydrogen) atoms. The van der Waals surface area contributed by atoms with Crippen molar-refractivity contribution in [1.82, 2.24) is 9.80 Å². The van der Waals surface area contributed by atoms with Crippen LogP contribution in [-0.2, 0) is 4.79 Å². The fourth-order valence-corrected chi connectivity index (χ4v) is 1.95. The third kappa shape index (κ3) is 5.84. The molecule has 1 aromatic carbocycles. The first-order valence-electron chi connectivity index (χ1n) is 7.13. The molecule has 0 unspecified atom stereocenters. The van der Waals surface area contributed by atoms with Crippen LogP contribution in [0, 0.1) is 11.3 Å². The number of carbonyl (C=O) groups excluding carboxylic acids is 1. The van der Waals surface area contributed by atoms with Gasteiger partial charge in [-0.3, -0.25) is 4.79 Å². The van der Waals surface area contributed by atoms with Gasteiger partial charge in [-0.15, -0.1) is 0 Å². The second kappa shape index (κ2) is 8.98. The van der Waals surface area contributed by atoms with E-state index in [4.69, 9.17) is 10.00 Å². The van der Waals surface area contributed by atoms with Gasteiger partial charge in [0.25, 0.3) is 5.91 Å². The first kappa shape index (κ1) is 17.0. The van der Waals surface area contributed by atoms with E-state index in [0.717, 1.165) is 19.5 Å². The van der Waals surface area contributed by atoms with E-state index in [9.17, 15) is 4.79 Å². The van der Waals surface area contributed by atoms with Crippen LogP contribution in [0.5, 0.6) is 5.75 Å². The van der Waals surface area contributed by atoms with E-state index in [1.54, 1.807) is 29.2 Å². The summed E-state index contributed by atoms with van der Waals surface area (Å²) in [4.78, 5) is 16.0. The molecular formula is C16H23N3O2. The maximum absolute atomic E-state index is 12.1. The molecule has 0 N–H and O–H groups in total. The van der Waals surface area contributed by atoms with Crippen LogP contribution in [0.15, 0.2) is 24.3 Å². The maximum Gasteiger partial charge on any atom is 0.260 e. The van der Waals surface area contributed by atoms with E-state index in [-0.39, 0.29) is 12.5 Å². The summed E-state index contributed by atoms with van der Waals surface area (Å²) in [5.41, 5.74) is 0.445. The molecule has 0 fully saturated rings. The van der Waals surface area contributed by atoms with Gasteiger partial charge in [0.05, 0.1) is 5.56 Å². The second-order valence-electron chi connectivity index (χ2n) is 5.03. The fraction of sp³-hybridized carbons (Fsp3) is 0.500. The lowest BCUT2D eigenvalue weighted by Gasteiger charge is -2.22. The fourth-order valence-electron chi connectivity index (χ4n) is 1.95. The van der Waals surface area contributed by atoms with Gasteiger partial charge in [-0.2, -0.15) is 5.26 Å². The van der Waals surface area contributed by atoms with E-state index in [1.165, 1.54) is 0 Å². The van der Waals surface area contributed by atoms with Crippen molar-refractivity contribution in [3.05, 3.63) is 29.8 Å². The van der Waals surface area contributed by atoms with Crippen LogP contribution < -0.4 is 4.74 Å². The van der Waals surface area contributed by atoms with Gasteiger partial charge in [-0.05, 0) is 46.1 Å². The van der Waals surface area contributed by atoms with Crippen molar-refractivity contribution in [2.45, 2.75) is 13.3 Å². The zero-order valence-corrected chi connectivity index (χ0v) is 13.0. The van der Waals surface area contributed by atoms with Crippen molar-refractivity contribution >= 4 is 5.91 Å². The Bertz CT molecular complexity index is 495. The van der Waals surface area contributed by atoms with Crippen molar-refractivity contribution in [3.63, 3.8) is 0 Å². The molecule has 0 atom stereocenters. The lowest BCUT2D eigenvalue weighted by Crippen LogP contribution is -2.36. The molecule has 0 spiro atoms. The van der Waals surface area contributed by atoms with Crippen LogP contribution in [0.4, 0.5) is 0 Å². The number of amides is 1. The molecule has 5 nitrogen and oxygen atoms in total. The summed E-state index contributed by atoms with van der Waals surface area (Å²) in [5.74, 6) is 0.404. The number of hydrogen-bond donors (Lipinski definition) is 0. The van der Waals surface area contributed by atoms with Crippen LogP contribution in [-0.4, -0.2) is 56.0 Å². The molecule has 0 saturated heterocycles. The number of nitriles is 1. The molecule has 0 aromatic heterocycles. The van der Waals surface area contributed by atoms with Crippen LogP contribution in [0.25, 0.3) is 0 Å². The molecule has 0 saturated carbocycles. The predicted octanol–water partition coefficient (Wildman–Crippen LogP) is 1.74. The number of para-hydroxylation sites is 1. The van der Waals surface area contributed by atoms with Crippen LogP contribution in [0.3, 0.4) is 0 Å². The third-order valence-corrected chi connectivity index (χ3v) is 3.13. The Balaban J connectivity index is 2.49. The van der Waals surface area contributed by atoms with Crippen molar-refractivity contribution in [2.75, 3.05) is 40.3 Å². The molecule has 1 amide bonds. The third-order valence-electron chi connectivity index (χ3n) is 3.13. The minimum atomic E-state index is -0.0519. The van der Waals surface area contributed by atoms with Gasteiger partial charge in [0, 0.05) is 13.1 Å². The summed E-state index contributed by atoms with van der Waals surface area (Å²) in [6.45, 7) is 4.25. The average Bonchev–Trinajstić information content (AvgIpc) is 2.49. The molecule has 5 heteroatoms. The lowest BCUT2D eigenvalue weighted by molar-refractivity contribution is -0.133. The molecule has 1 aromatic rings. The second-order valence-corrected chi connectivity index (χ2v) is 5.03. The van der Waals surface area contributed by atoms with E-state index in [2.05, 4.69) is 11.0 Å². The highest BCUT2D eigenvalue weighted by Crippen LogP contribution is 2.16. The monoisotopic (exact) mass is 289 g/mol. The van der Waals surface area contributed by atoms with Crippen LogP contribution >= 0.6 is 0 Å². The standard InChI is InChI=1S/C16H23N3O2/c1-4-19(11-7-10-18(2)3)16(20)13-21-15-9-6-5-8-14(15)12-17/h5-6,8-9H,4,7,10-11,13H2,1-3H3. The molecule has 0 radical (unpaired) electrons. The topological polar surface area (TPSA) is 56.6 Å². The molecule has 0 bridgehead atoms. The van der Waals surface area contributed by atoms with Crippen molar-refractivity contribution < 1.29 is 9.53 Å². The quantitative estimate of drug-likeness (QED) is 0.731. The average molecular weight is 289 g/mol. The highest BCUT2D eigenvalue weighted by molar-refractivity contribution is 5.77. The van der Waals surface area contributed by atoms with Crippen molar-refractivity contribution in [2.24, 2.45) is 0 Å². The molecule has 0 heterocycles. The van der Waals surface area contributed by atoms with E-state index >= 15 is 0 Å². The van der Waals surface area contributed by atoms with Gasteiger partial charge in [-0.1, -0.05) is 12.1 Å². The first-order chi connectivity index (χ1) is 10.1. The summed E-state index contributed by atoms with van der Waals surface area (Å²) in [7, 11) is 4.03. The maximum atomic E-state index is 12.1. The van der Waals surface area contributed by atoms with Crippen LogP contribution in [0.1, 0.15) is 18.9 Å². The number of carbonyl (C=O) groups is 1. The van der Waals surface area contributed by atoms with Gasteiger partial charge in [0.1, 0.15) is 11.8 Å². The molecule has 0 aliphatic carbocycles. The number of nitrogens with zero attached hydrogens (tertiary/aromatic N) is 3. The smallest absolute Gasteiger partial charge is 0.260 e. The molecular weight excluding hydrogens is 266 g/mol. The van der Waals surface area contributed by atoms with Gasteiger partial charge >= 0.3 is 0 Å². The van der Waals surface area contributed by atoms with Gasteiger partial charge in [0.2, 0.25) is 0 Å². The largest absolute Gasteiger partial charge is 0.482 e. The van der Waals surface area contributed by atoms with Crippen molar-refractivity contribution in [1.29, 1.82) is 5.26 Å². The number of rotatable bonds is 8. The Hall–Kier alpha value is -2.06. The highest BCUT2D eigenvalue weighted by atomic mass is 16.5. The Morgan fingerprint density at radius 3 is 2.62 bits per heavy atom. The summed E-state index contributed by atoms with van der Waals surface area (Å²) in [6.07, 6.45) is 0.932. The summed E-state index contributed by atoms with van der Waals surface area (Å²) in [6, 6.07) is 8.99. The number of ether oxygens (including phenoxy) is 1. The van der Waals surface area contributed by atoms with Gasteiger partial charge < -0.3 is 14.5 Å². The summed E-state index contributed by atoms with van der Waals surface area (Å²) < 4.78 is 5.48. The lowest BCUT2D eigenvalue weighted by atomic mass is 10.2. The zero-order valence-electron chi connectivity index (χ0n) is 13.0. The molecule has 1 rings (SSSR count). The highest BCUT2D eigenvalue weighted by Gasteiger charge is 2.13. The predicted molar refractivity (Wildman–Crippen MR) is 82.1 cm³/mol. The minimum absolute atomic E-state index is 0.0332. The Labute approximate surface area is 126 Å². The normalized spacial score (nSPS) is 10.2. The van der Waals surface area contributed by atoms with Crippen molar-refractivity contribution in [3.8, 4) is 11.8 Å². The Morgan fingerprint density at radius 1 is 1.29 bits per heavy atom. The first-order valence-corrected chi connectivity index (χ1v) is 7.13. The molecule has 0 aliphatic rings. The SMILES string of the molecule is CCN(CCCN(C)C)C(=O)COc1ccccc1C#N. The Morgan fingerprint density at radius 2 is 2.00 bits per heavy atom. The van der Waals surface area contributed by atoms with Gasteiger partial charge in [-0.25, -0.2) is 0 Å². The number of likely N-dealkylation sites (N-methyl/N-ethyl adjacent to an activating group) is 1. The van der Waals surface area contributed by atoms with E-state index < -0.39 is 0 Å². The van der Waals surface area contributed by atoms with Gasteiger partial charge in [0.15, 0.2) is 6.61 Å². The van der Waals surface area contributed by atoms with E-state index in [0.29, 0.717) is 17.9 Å². The Kier molecular flexibility index (Phi) is 7.27. The number of benzene rings is 1. The molecule has 114 valence electrons. The zero-order chi connectivity index (χ0) is 15.7. The summed E-state index contributed by atoms with van der Waals surface area (Å²) >= 11 is 0.